The first-order chi connectivity index (χ1) is 14.9. The molecule has 2 aromatic heterocycles. The van der Waals surface area contributed by atoms with Gasteiger partial charge in [-0.3, -0.25) is 9.59 Å². The Kier molecular flexibility index (Phi) is 5.73. The predicted molar refractivity (Wildman–Crippen MR) is 123 cm³/mol. The SMILES string of the molecule is Cc1ccc(Cl)cc1-c1ccn(C(C)C(=O)Nc2ccc(-c3cnc[nH]3)cc2)c(=O)c1. The van der Waals surface area contributed by atoms with Gasteiger partial charge in [0.1, 0.15) is 6.04 Å². The number of halogens is 1. The zero-order valence-electron chi connectivity index (χ0n) is 17.1. The fraction of sp³-hybridized carbons (Fsp3) is 0.125. The van der Waals surface area contributed by atoms with E-state index in [0.29, 0.717) is 10.7 Å². The maximum absolute atomic E-state index is 12.7. The van der Waals surface area contributed by atoms with Crippen molar-refractivity contribution in [3.8, 4) is 22.4 Å². The van der Waals surface area contributed by atoms with Gasteiger partial charge in [-0.1, -0.05) is 29.8 Å². The van der Waals surface area contributed by atoms with Crippen LogP contribution in [0.2, 0.25) is 5.02 Å². The van der Waals surface area contributed by atoms with Crippen LogP contribution in [-0.4, -0.2) is 20.4 Å². The quantitative estimate of drug-likeness (QED) is 0.462. The van der Waals surface area contributed by atoms with Crippen LogP contribution in [0.25, 0.3) is 22.4 Å². The molecule has 0 aliphatic carbocycles. The zero-order valence-corrected chi connectivity index (χ0v) is 17.9. The van der Waals surface area contributed by atoms with Crippen molar-refractivity contribution in [2.24, 2.45) is 0 Å². The van der Waals surface area contributed by atoms with Gasteiger partial charge < -0.3 is 14.9 Å². The lowest BCUT2D eigenvalue weighted by Gasteiger charge is -2.16. The van der Waals surface area contributed by atoms with Crippen molar-refractivity contribution in [1.82, 2.24) is 14.5 Å². The minimum Gasteiger partial charge on any atom is -0.345 e. The molecular formula is C24H21ClN4O2. The summed E-state index contributed by atoms with van der Waals surface area (Å²) < 4.78 is 1.41. The number of hydrogen-bond donors (Lipinski definition) is 2. The molecule has 0 aliphatic rings. The number of amides is 1. The minimum absolute atomic E-state index is 0.255. The van der Waals surface area contributed by atoms with Gasteiger partial charge in [-0.25, -0.2) is 4.98 Å². The smallest absolute Gasteiger partial charge is 0.251 e. The van der Waals surface area contributed by atoms with E-state index in [0.717, 1.165) is 27.9 Å². The lowest BCUT2D eigenvalue weighted by Crippen LogP contribution is -2.30. The Morgan fingerprint density at radius 2 is 1.87 bits per heavy atom. The molecule has 0 spiro atoms. The van der Waals surface area contributed by atoms with Gasteiger partial charge in [0, 0.05) is 23.0 Å². The highest BCUT2D eigenvalue weighted by Crippen LogP contribution is 2.26. The Balaban J connectivity index is 1.51. The number of aryl methyl sites for hydroxylation is 1. The second kappa shape index (κ2) is 8.62. The van der Waals surface area contributed by atoms with Crippen molar-refractivity contribution in [1.29, 1.82) is 0 Å². The number of carbonyl (C=O) groups is 1. The summed E-state index contributed by atoms with van der Waals surface area (Å²) in [6.07, 6.45) is 4.99. The van der Waals surface area contributed by atoms with Crippen molar-refractivity contribution >= 4 is 23.2 Å². The highest BCUT2D eigenvalue weighted by molar-refractivity contribution is 6.30. The standard InChI is InChI=1S/C24H21ClN4O2/c1-15-3-6-19(25)12-21(15)18-9-10-29(23(30)11-18)16(2)24(31)28-20-7-4-17(5-8-20)22-13-26-14-27-22/h3-14,16H,1-2H3,(H,26,27)(H,28,31). The summed E-state index contributed by atoms with van der Waals surface area (Å²) >= 11 is 6.10. The third kappa shape index (κ3) is 4.44. The molecule has 0 saturated heterocycles. The number of nitrogens with zero attached hydrogens (tertiary/aromatic N) is 2. The molecule has 4 rings (SSSR count). The number of benzene rings is 2. The lowest BCUT2D eigenvalue weighted by molar-refractivity contribution is -0.118. The number of pyridine rings is 1. The molecule has 0 radical (unpaired) electrons. The molecule has 7 heteroatoms. The number of imidazole rings is 1. The Labute approximate surface area is 184 Å². The van der Waals surface area contributed by atoms with Crippen LogP contribution in [0.3, 0.4) is 0 Å². The number of carbonyl (C=O) groups excluding carboxylic acids is 1. The lowest BCUT2D eigenvalue weighted by atomic mass is 10.0. The van der Waals surface area contributed by atoms with E-state index in [2.05, 4.69) is 15.3 Å². The van der Waals surface area contributed by atoms with Crippen molar-refractivity contribution in [3.63, 3.8) is 0 Å². The van der Waals surface area contributed by atoms with Gasteiger partial charge in [-0.05, 0) is 66.4 Å². The largest absolute Gasteiger partial charge is 0.345 e. The van der Waals surface area contributed by atoms with Crippen LogP contribution >= 0.6 is 11.6 Å². The highest BCUT2D eigenvalue weighted by Gasteiger charge is 2.17. The van der Waals surface area contributed by atoms with E-state index >= 15 is 0 Å². The normalized spacial score (nSPS) is 11.8. The average molecular weight is 433 g/mol. The average Bonchev–Trinajstić information content (AvgIpc) is 3.30. The predicted octanol–water partition coefficient (Wildman–Crippen LogP) is 5.07. The van der Waals surface area contributed by atoms with Gasteiger partial charge in [-0.15, -0.1) is 0 Å². The van der Waals surface area contributed by atoms with E-state index in [1.165, 1.54) is 10.6 Å². The second-order valence-electron chi connectivity index (χ2n) is 7.33. The zero-order chi connectivity index (χ0) is 22.0. The first-order valence-electron chi connectivity index (χ1n) is 9.81. The van der Waals surface area contributed by atoms with Crippen LogP contribution in [0.15, 0.2) is 78.1 Å². The van der Waals surface area contributed by atoms with Crippen LogP contribution in [0, 0.1) is 6.92 Å². The molecule has 31 heavy (non-hydrogen) atoms. The fourth-order valence-corrected chi connectivity index (χ4v) is 3.57. The molecule has 6 nitrogen and oxygen atoms in total. The van der Waals surface area contributed by atoms with Gasteiger partial charge in [0.25, 0.3) is 5.56 Å². The van der Waals surface area contributed by atoms with E-state index in [1.54, 1.807) is 25.6 Å². The van der Waals surface area contributed by atoms with Crippen LogP contribution in [0.4, 0.5) is 5.69 Å². The van der Waals surface area contributed by atoms with Gasteiger partial charge in [0.15, 0.2) is 0 Å². The van der Waals surface area contributed by atoms with Crippen LogP contribution < -0.4 is 10.9 Å². The first-order valence-corrected chi connectivity index (χ1v) is 10.2. The van der Waals surface area contributed by atoms with E-state index in [-0.39, 0.29) is 11.5 Å². The number of anilines is 1. The molecule has 1 atom stereocenters. The molecule has 0 bridgehead atoms. The molecule has 2 heterocycles. The topological polar surface area (TPSA) is 79.8 Å². The third-order valence-corrected chi connectivity index (χ3v) is 5.45. The summed E-state index contributed by atoms with van der Waals surface area (Å²) in [6, 6.07) is 15.7. The minimum atomic E-state index is -0.672. The van der Waals surface area contributed by atoms with Crippen LogP contribution in [0.1, 0.15) is 18.5 Å². The van der Waals surface area contributed by atoms with Crippen molar-refractivity contribution in [3.05, 3.63) is 94.3 Å². The van der Waals surface area contributed by atoms with Gasteiger partial charge in [0.05, 0.1) is 18.2 Å². The molecular weight excluding hydrogens is 412 g/mol. The molecule has 1 unspecified atom stereocenters. The number of nitrogens with one attached hydrogen (secondary N) is 2. The molecule has 0 fully saturated rings. The first kappa shape index (κ1) is 20.6. The molecule has 0 saturated carbocycles. The molecule has 2 N–H and O–H groups in total. The molecule has 156 valence electrons. The Morgan fingerprint density at radius 1 is 1.10 bits per heavy atom. The summed E-state index contributed by atoms with van der Waals surface area (Å²) in [4.78, 5) is 32.5. The molecule has 4 aromatic rings. The van der Waals surface area contributed by atoms with Gasteiger partial charge >= 0.3 is 0 Å². The highest BCUT2D eigenvalue weighted by atomic mass is 35.5. The number of aromatic nitrogens is 3. The van der Waals surface area contributed by atoms with E-state index in [4.69, 9.17) is 11.6 Å². The summed E-state index contributed by atoms with van der Waals surface area (Å²) in [7, 11) is 0. The maximum Gasteiger partial charge on any atom is 0.251 e. The van der Waals surface area contributed by atoms with Crippen molar-refractivity contribution in [2.45, 2.75) is 19.9 Å². The van der Waals surface area contributed by atoms with Gasteiger partial charge in [-0.2, -0.15) is 0 Å². The molecule has 2 aromatic carbocycles. The summed E-state index contributed by atoms with van der Waals surface area (Å²) in [5.41, 5.74) is 4.94. The Hall–Kier alpha value is -3.64. The molecule has 0 aliphatic heterocycles. The number of H-pyrrole nitrogens is 1. The van der Waals surface area contributed by atoms with Crippen molar-refractivity contribution in [2.75, 3.05) is 5.32 Å². The Bertz CT molecular complexity index is 1280. The Morgan fingerprint density at radius 3 is 2.55 bits per heavy atom. The van der Waals surface area contributed by atoms with Crippen LogP contribution in [-0.2, 0) is 4.79 Å². The van der Waals surface area contributed by atoms with Gasteiger partial charge in [0.2, 0.25) is 5.91 Å². The fourth-order valence-electron chi connectivity index (χ4n) is 3.40. The van der Waals surface area contributed by atoms with Crippen LogP contribution in [0.5, 0.6) is 0 Å². The van der Waals surface area contributed by atoms with Crippen molar-refractivity contribution < 1.29 is 4.79 Å². The van der Waals surface area contributed by atoms with E-state index < -0.39 is 6.04 Å². The monoisotopic (exact) mass is 432 g/mol. The maximum atomic E-state index is 12.7. The molecule has 1 amide bonds. The summed E-state index contributed by atoms with van der Waals surface area (Å²) in [5.74, 6) is -0.275. The number of hydrogen-bond acceptors (Lipinski definition) is 3. The third-order valence-electron chi connectivity index (χ3n) is 5.22. The summed E-state index contributed by atoms with van der Waals surface area (Å²) in [6.45, 7) is 3.66. The number of aromatic amines is 1. The van der Waals surface area contributed by atoms with E-state index in [1.807, 2.05) is 55.5 Å². The summed E-state index contributed by atoms with van der Waals surface area (Å²) in [5, 5.41) is 3.47. The van der Waals surface area contributed by atoms with E-state index in [9.17, 15) is 9.59 Å². The second-order valence-corrected chi connectivity index (χ2v) is 7.76. The number of rotatable bonds is 5.